The number of amides is 1. The molecule has 1 saturated heterocycles. The van der Waals surface area contributed by atoms with E-state index >= 15 is 0 Å². The number of carbonyl (C=O) groups excluding carboxylic acids is 1. The van der Waals surface area contributed by atoms with Gasteiger partial charge in [-0.2, -0.15) is 0 Å². The maximum Gasteiger partial charge on any atom is 0.237 e. The molecule has 1 heterocycles. The van der Waals surface area contributed by atoms with Crippen LogP contribution < -0.4 is 10.6 Å². The van der Waals surface area contributed by atoms with E-state index in [1.54, 1.807) is 0 Å². The fraction of sp³-hybridized carbons (Fsp3) is 0.909. The number of carbonyl (C=O) groups is 1. The van der Waals surface area contributed by atoms with Crippen molar-refractivity contribution in [2.45, 2.75) is 51.1 Å². The molecule has 1 aliphatic carbocycles. The van der Waals surface area contributed by atoms with Crippen LogP contribution in [0.15, 0.2) is 0 Å². The Morgan fingerprint density at radius 3 is 2.50 bits per heavy atom. The van der Waals surface area contributed by atoms with Crippen molar-refractivity contribution >= 4 is 5.91 Å². The molecular formula is C11H20N2O. The first kappa shape index (κ1) is 9.97. The minimum atomic E-state index is 0.0911. The van der Waals surface area contributed by atoms with Gasteiger partial charge in [0, 0.05) is 12.6 Å². The van der Waals surface area contributed by atoms with Gasteiger partial charge in [0.1, 0.15) is 0 Å². The van der Waals surface area contributed by atoms with E-state index in [1.807, 2.05) is 0 Å². The highest BCUT2D eigenvalue weighted by atomic mass is 16.2. The van der Waals surface area contributed by atoms with Gasteiger partial charge in [0.05, 0.1) is 6.04 Å². The van der Waals surface area contributed by atoms with Crippen molar-refractivity contribution in [3.63, 3.8) is 0 Å². The van der Waals surface area contributed by atoms with E-state index in [4.69, 9.17) is 0 Å². The highest BCUT2D eigenvalue weighted by Gasteiger charge is 2.27. The molecule has 0 bridgehead atoms. The average molecular weight is 196 g/mol. The second kappa shape index (κ2) is 4.30. The molecule has 1 aliphatic heterocycles. The SMILES string of the molecule is CC1CCC(NC2CCNC2=O)CC1. The number of rotatable bonds is 2. The molecule has 0 aromatic rings. The molecule has 0 radical (unpaired) electrons. The summed E-state index contributed by atoms with van der Waals surface area (Å²) in [7, 11) is 0. The summed E-state index contributed by atoms with van der Waals surface area (Å²) in [6, 6.07) is 0.674. The lowest BCUT2D eigenvalue weighted by Crippen LogP contribution is -2.44. The van der Waals surface area contributed by atoms with Gasteiger partial charge < -0.3 is 10.6 Å². The second-order valence-corrected chi connectivity index (χ2v) is 4.76. The molecule has 1 amide bonds. The predicted molar refractivity (Wildman–Crippen MR) is 56.0 cm³/mol. The van der Waals surface area contributed by atoms with Gasteiger partial charge in [-0.15, -0.1) is 0 Å². The number of hydrogen-bond acceptors (Lipinski definition) is 2. The van der Waals surface area contributed by atoms with E-state index in [2.05, 4.69) is 17.6 Å². The summed E-state index contributed by atoms with van der Waals surface area (Å²) in [4.78, 5) is 11.3. The van der Waals surface area contributed by atoms with Crippen molar-refractivity contribution in [2.75, 3.05) is 6.54 Å². The molecule has 2 rings (SSSR count). The van der Waals surface area contributed by atoms with E-state index in [0.29, 0.717) is 6.04 Å². The maximum atomic E-state index is 11.3. The van der Waals surface area contributed by atoms with Crippen LogP contribution in [0.2, 0.25) is 0 Å². The summed E-state index contributed by atoms with van der Waals surface area (Å²) in [5, 5.41) is 6.34. The van der Waals surface area contributed by atoms with Crippen molar-refractivity contribution in [1.29, 1.82) is 0 Å². The molecule has 1 saturated carbocycles. The molecule has 1 unspecified atom stereocenters. The molecule has 2 N–H and O–H groups in total. The maximum absolute atomic E-state index is 11.3. The fourth-order valence-corrected chi connectivity index (χ4v) is 2.46. The van der Waals surface area contributed by atoms with Crippen LogP contribution in [0.25, 0.3) is 0 Å². The van der Waals surface area contributed by atoms with Gasteiger partial charge in [0.25, 0.3) is 0 Å². The standard InChI is InChI=1S/C11H20N2O/c1-8-2-4-9(5-3-8)13-10-6-7-12-11(10)14/h8-10,13H,2-7H2,1H3,(H,12,14). The minimum absolute atomic E-state index is 0.0911. The van der Waals surface area contributed by atoms with Gasteiger partial charge in [-0.3, -0.25) is 4.79 Å². The lowest BCUT2D eigenvalue weighted by Gasteiger charge is -2.28. The van der Waals surface area contributed by atoms with Gasteiger partial charge >= 0.3 is 0 Å². The lowest BCUT2D eigenvalue weighted by atomic mass is 9.87. The van der Waals surface area contributed by atoms with Crippen molar-refractivity contribution in [3.05, 3.63) is 0 Å². The van der Waals surface area contributed by atoms with Crippen LogP contribution in [0.4, 0.5) is 0 Å². The number of hydrogen-bond donors (Lipinski definition) is 2. The molecule has 1 atom stereocenters. The summed E-state index contributed by atoms with van der Waals surface area (Å²) in [5.74, 6) is 1.08. The van der Waals surface area contributed by atoms with Crippen LogP contribution in [0.5, 0.6) is 0 Å². The monoisotopic (exact) mass is 196 g/mol. The van der Waals surface area contributed by atoms with Crippen LogP contribution >= 0.6 is 0 Å². The van der Waals surface area contributed by atoms with Crippen molar-refractivity contribution in [3.8, 4) is 0 Å². The molecule has 0 aromatic carbocycles. The van der Waals surface area contributed by atoms with Gasteiger partial charge in [-0.25, -0.2) is 0 Å². The summed E-state index contributed by atoms with van der Waals surface area (Å²) < 4.78 is 0. The molecule has 14 heavy (non-hydrogen) atoms. The molecule has 80 valence electrons. The largest absolute Gasteiger partial charge is 0.355 e. The summed E-state index contributed by atoms with van der Waals surface area (Å²) in [6.45, 7) is 3.16. The highest BCUT2D eigenvalue weighted by molar-refractivity contribution is 5.83. The third kappa shape index (κ3) is 2.27. The summed E-state index contributed by atoms with van der Waals surface area (Å²) in [5.41, 5.74) is 0. The normalized spacial score (nSPS) is 38.4. The second-order valence-electron chi connectivity index (χ2n) is 4.76. The Kier molecular flexibility index (Phi) is 3.06. The zero-order valence-electron chi connectivity index (χ0n) is 8.88. The van der Waals surface area contributed by atoms with Crippen molar-refractivity contribution in [2.24, 2.45) is 5.92 Å². The number of nitrogens with one attached hydrogen (secondary N) is 2. The van der Waals surface area contributed by atoms with E-state index < -0.39 is 0 Å². The fourth-order valence-electron chi connectivity index (χ4n) is 2.46. The Hall–Kier alpha value is -0.570. The molecule has 3 heteroatoms. The lowest BCUT2D eigenvalue weighted by molar-refractivity contribution is -0.121. The first-order valence-electron chi connectivity index (χ1n) is 5.79. The zero-order valence-corrected chi connectivity index (χ0v) is 8.88. The molecule has 2 aliphatic rings. The third-order valence-corrected chi connectivity index (χ3v) is 3.50. The van der Waals surface area contributed by atoms with Crippen LogP contribution in [0, 0.1) is 5.92 Å². The van der Waals surface area contributed by atoms with Gasteiger partial charge in [-0.05, 0) is 38.0 Å². The Labute approximate surface area is 85.6 Å². The van der Waals surface area contributed by atoms with Crippen LogP contribution in [0.1, 0.15) is 39.0 Å². The quantitative estimate of drug-likeness (QED) is 0.693. The average Bonchev–Trinajstić information content (AvgIpc) is 2.56. The minimum Gasteiger partial charge on any atom is -0.355 e. The van der Waals surface area contributed by atoms with Gasteiger partial charge in [0.2, 0.25) is 5.91 Å². The van der Waals surface area contributed by atoms with E-state index in [0.717, 1.165) is 18.9 Å². The van der Waals surface area contributed by atoms with Crippen LogP contribution in [-0.2, 0) is 4.79 Å². The Balaban J connectivity index is 1.77. The molecule has 3 nitrogen and oxygen atoms in total. The Bertz CT molecular complexity index is 209. The predicted octanol–water partition coefficient (Wildman–Crippen LogP) is 1.04. The smallest absolute Gasteiger partial charge is 0.237 e. The first-order chi connectivity index (χ1) is 6.75. The van der Waals surface area contributed by atoms with E-state index in [9.17, 15) is 4.79 Å². The van der Waals surface area contributed by atoms with E-state index in [-0.39, 0.29) is 11.9 Å². The molecule has 0 spiro atoms. The third-order valence-electron chi connectivity index (χ3n) is 3.50. The van der Waals surface area contributed by atoms with Gasteiger partial charge in [-0.1, -0.05) is 6.92 Å². The van der Waals surface area contributed by atoms with E-state index in [1.165, 1.54) is 25.7 Å². The molecule has 2 fully saturated rings. The summed E-state index contributed by atoms with van der Waals surface area (Å²) >= 11 is 0. The first-order valence-corrected chi connectivity index (χ1v) is 5.79. The van der Waals surface area contributed by atoms with Gasteiger partial charge in [0.15, 0.2) is 0 Å². The Morgan fingerprint density at radius 1 is 1.21 bits per heavy atom. The molecular weight excluding hydrogens is 176 g/mol. The van der Waals surface area contributed by atoms with Crippen molar-refractivity contribution < 1.29 is 4.79 Å². The molecule has 0 aromatic heterocycles. The Morgan fingerprint density at radius 2 is 1.93 bits per heavy atom. The highest BCUT2D eigenvalue weighted by Crippen LogP contribution is 2.24. The van der Waals surface area contributed by atoms with Crippen molar-refractivity contribution in [1.82, 2.24) is 10.6 Å². The van der Waals surface area contributed by atoms with Crippen LogP contribution in [0.3, 0.4) is 0 Å². The van der Waals surface area contributed by atoms with Crippen LogP contribution in [-0.4, -0.2) is 24.5 Å². The topological polar surface area (TPSA) is 41.1 Å². The summed E-state index contributed by atoms with van der Waals surface area (Å²) in [6.07, 6.45) is 6.07. The zero-order chi connectivity index (χ0) is 9.97.